The first-order valence-electron chi connectivity index (χ1n) is 13.9. The van der Waals surface area contributed by atoms with Crippen LogP contribution in [0.25, 0.3) is 0 Å². The van der Waals surface area contributed by atoms with Gasteiger partial charge < -0.3 is 14.5 Å². The number of halogens is 2. The van der Waals surface area contributed by atoms with Crippen molar-refractivity contribution < 1.29 is 9.18 Å². The summed E-state index contributed by atoms with van der Waals surface area (Å²) in [7, 11) is 1.90. The molecule has 1 aromatic heterocycles. The molecule has 0 aromatic carbocycles. The Morgan fingerprint density at radius 1 is 1.03 bits per heavy atom. The topological polar surface area (TPSA) is 62.8 Å². The number of alkyl halides is 2. The van der Waals surface area contributed by atoms with E-state index in [9.17, 15) is 9.18 Å². The van der Waals surface area contributed by atoms with Crippen molar-refractivity contribution in [3.63, 3.8) is 0 Å². The molecule has 0 bridgehead atoms. The van der Waals surface area contributed by atoms with Gasteiger partial charge in [0.25, 0.3) is 0 Å². The van der Waals surface area contributed by atoms with Gasteiger partial charge in [0.05, 0.1) is 0 Å². The fourth-order valence-corrected chi connectivity index (χ4v) is 8.09. The molecule has 7 heteroatoms. The Labute approximate surface area is 215 Å². The van der Waals surface area contributed by atoms with Crippen LogP contribution in [0.2, 0.25) is 0 Å². The number of hydrogen-bond donors (Lipinski definition) is 2. The van der Waals surface area contributed by atoms with Crippen LogP contribution in [0.15, 0.2) is 12.4 Å². The number of carbonyl (C=O) groups excluding carboxylic acids is 1. The summed E-state index contributed by atoms with van der Waals surface area (Å²) >= 11 is 6.41. The Balaban J connectivity index is 1.45. The number of nitrogens with one attached hydrogen (secondary N) is 2. The third-order valence-corrected chi connectivity index (χ3v) is 10.2. The van der Waals surface area contributed by atoms with Crippen molar-refractivity contribution in [1.29, 1.82) is 5.41 Å². The van der Waals surface area contributed by atoms with E-state index < -0.39 is 6.17 Å². The molecule has 4 rings (SSSR count). The molecule has 3 fully saturated rings. The monoisotopic (exact) mass is 508 g/mol. The van der Waals surface area contributed by atoms with E-state index >= 15 is 0 Å². The fraction of sp³-hybridized carbons (Fsp3) is 0.857. The molecule has 0 radical (unpaired) electrons. The molecule has 3 aliphatic rings. The van der Waals surface area contributed by atoms with Crippen LogP contribution in [-0.4, -0.2) is 33.1 Å². The van der Waals surface area contributed by atoms with Gasteiger partial charge in [-0.25, -0.2) is 4.39 Å². The Hall–Kier alpha value is -1.30. The third kappa shape index (κ3) is 6.34. The minimum atomic E-state index is -0.689. The van der Waals surface area contributed by atoms with Crippen molar-refractivity contribution in [3.8, 4) is 0 Å². The van der Waals surface area contributed by atoms with Gasteiger partial charge in [0.1, 0.15) is 6.17 Å². The van der Waals surface area contributed by atoms with Crippen LogP contribution >= 0.6 is 11.6 Å². The Bertz CT molecular complexity index is 903. The zero-order chi connectivity index (χ0) is 25.3. The maximum absolute atomic E-state index is 14.3. The third-order valence-electron chi connectivity index (χ3n) is 9.60. The standard InChI is InChI=1S/C28H46ClFN4O/c1-17-9-20(5-6-25(17)29)15-32-27(35)23-13-21(16-34-8-7-33(4)28(34)31)12-22(14-23)26-18(2)10-24(30)11-19(26)3/h7-8,17-26,31H,5-6,9-16H2,1-4H3,(H,32,35). The van der Waals surface area contributed by atoms with Crippen molar-refractivity contribution >= 4 is 17.5 Å². The summed E-state index contributed by atoms with van der Waals surface area (Å²) in [6.45, 7) is 8.18. The van der Waals surface area contributed by atoms with E-state index in [4.69, 9.17) is 17.0 Å². The number of amides is 1. The van der Waals surface area contributed by atoms with Gasteiger partial charge in [-0.2, -0.15) is 0 Å². The van der Waals surface area contributed by atoms with E-state index in [1.807, 2.05) is 28.6 Å². The van der Waals surface area contributed by atoms with E-state index in [0.29, 0.717) is 59.9 Å². The molecule has 1 heterocycles. The normalized spacial score (nSPS) is 40.4. The first-order valence-corrected chi connectivity index (χ1v) is 14.4. The van der Waals surface area contributed by atoms with Crippen LogP contribution < -0.4 is 10.9 Å². The minimum absolute atomic E-state index is 0.00142. The molecule has 1 amide bonds. The Kier molecular flexibility index (Phi) is 8.71. The highest BCUT2D eigenvalue weighted by atomic mass is 35.5. The number of nitrogens with zero attached hydrogens (tertiary/aromatic N) is 2. The molecule has 198 valence electrons. The highest BCUT2D eigenvalue weighted by Gasteiger charge is 2.43. The predicted octanol–water partition coefficient (Wildman–Crippen LogP) is 5.52. The molecule has 3 saturated carbocycles. The molecular weight excluding hydrogens is 463 g/mol. The summed E-state index contributed by atoms with van der Waals surface area (Å²) in [6.07, 6.45) is 10.6. The van der Waals surface area contributed by atoms with Gasteiger partial charge in [-0.05, 0) is 92.8 Å². The van der Waals surface area contributed by atoms with Crippen LogP contribution in [0, 0.1) is 52.8 Å². The molecule has 5 nitrogen and oxygen atoms in total. The maximum atomic E-state index is 14.3. The predicted molar refractivity (Wildman–Crippen MR) is 139 cm³/mol. The smallest absolute Gasteiger partial charge is 0.223 e. The van der Waals surface area contributed by atoms with E-state index in [0.717, 1.165) is 51.6 Å². The molecule has 8 unspecified atom stereocenters. The molecular formula is C28H46ClFN4O. The van der Waals surface area contributed by atoms with Crippen molar-refractivity contribution in [1.82, 2.24) is 14.5 Å². The lowest BCUT2D eigenvalue weighted by molar-refractivity contribution is -0.128. The summed E-state index contributed by atoms with van der Waals surface area (Å²) in [4.78, 5) is 13.5. The van der Waals surface area contributed by atoms with Gasteiger partial charge in [0, 0.05) is 43.8 Å². The molecule has 0 aliphatic heterocycles. The van der Waals surface area contributed by atoms with Gasteiger partial charge in [-0.3, -0.25) is 10.2 Å². The number of aromatic nitrogens is 2. The van der Waals surface area contributed by atoms with Crippen molar-refractivity contribution in [2.45, 2.75) is 90.2 Å². The summed E-state index contributed by atoms with van der Waals surface area (Å²) in [5, 5.41) is 12.0. The van der Waals surface area contributed by atoms with Gasteiger partial charge in [-0.15, -0.1) is 11.6 Å². The van der Waals surface area contributed by atoms with Crippen LogP contribution in [0.4, 0.5) is 4.39 Å². The van der Waals surface area contributed by atoms with E-state index in [1.165, 1.54) is 0 Å². The minimum Gasteiger partial charge on any atom is -0.356 e. The zero-order valence-corrected chi connectivity index (χ0v) is 22.8. The lowest BCUT2D eigenvalue weighted by atomic mass is 9.60. The van der Waals surface area contributed by atoms with Gasteiger partial charge in [0.15, 0.2) is 0 Å². The van der Waals surface area contributed by atoms with E-state index in [-0.39, 0.29) is 17.2 Å². The molecule has 0 spiro atoms. The second-order valence-electron chi connectivity index (χ2n) is 12.4. The summed E-state index contributed by atoms with van der Waals surface area (Å²) in [6, 6.07) is 0. The second kappa shape index (κ2) is 11.4. The number of aryl methyl sites for hydroxylation is 1. The summed E-state index contributed by atoms with van der Waals surface area (Å²) < 4.78 is 18.1. The average molecular weight is 509 g/mol. The lowest BCUT2D eigenvalue weighted by Crippen LogP contribution is -2.44. The maximum Gasteiger partial charge on any atom is 0.223 e. The number of carbonyl (C=O) groups is 1. The van der Waals surface area contributed by atoms with E-state index in [1.54, 1.807) is 0 Å². The average Bonchev–Trinajstić information content (AvgIpc) is 3.11. The molecule has 2 N–H and O–H groups in total. The fourth-order valence-electron chi connectivity index (χ4n) is 7.86. The summed E-state index contributed by atoms with van der Waals surface area (Å²) in [5.41, 5.74) is 0.497. The molecule has 8 atom stereocenters. The molecule has 1 aromatic rings. The van der Waals surface area contributed by atoms with Gasteiger partial charge in [0.2, 0.25) is 11.5 Å². The molecule has 35 heavy (non-hydrogen) atoms. The molecule has 0 saturated heterocycles. The van der Waals surface area contributed by atoms with Gasteiger partial charge >= 0.3 is 0 Å². The van der Waals surface area contributed by atoms with Crippen LogP contribution in [0.3, 0.4) is 0 Å². The highest BCUT2D eigenvalue weighted by Crippen LogP contribution is 2.48. The summed E-state index contributed by atoms with van der Waals surface area (Å²) in [5.74, 6) is 3.19. The first kappa shape index (κ1) is 26.8. The SMILES string of the molecule is CC1CC(CNC(=O)C2CC(Cn3ccn(C)c3=N)CC(C3C(C)CC(F)CC3C)C2)CCC1Cl. The highest BCUT2D eigenvalue weighted by molar-refractivity contribution is 6.20. The number of hydrogen-bond acceptors (Lipinski definition) is 2. The Morgan fingerprint density at radius 2 is 1.74 bits per heavy atom. The van der Waals surface area contributed by atoms with Crippen LogP contribution in [0.1, 0.15) is 72.1 Å². The van der Waals surface area contributed by atoms with Crippen molar-refractivity contribution in [2.75, 3.05) is 6.54 Å². The Morgan fingerprint density at radius 3 is 2.37 bits per heavy atom. The lowest BCUT2D eigenvalue weighted by Gasteiger charge is -2.46. The van der Waals surface area contributed by atoms with E-state index in [2.05, 4.69) is 26.1 Å². The zero-order valence-electron chi connectivity index (χ0n) is 22.1. The van der Waals surface area contributed by atoms with Gasteiger partial charge in [-0.1, -0.05) is 20.8 Å². The van der Waals surface area contributed by atoms with Crippen LogP contribution in [-0.2, 0) is 18.4 Å². The molecule has 3 aliphatic carbocycles. The quantitative estimate of drug-likeness (QED) is 0.488. The number of rotatable bonds is 6. The van der Waals surface area contributed by atoms with Crippen molar-refractivity contribution in [3.05, 3.63) is 18.0 Å². The largest absolute Gasteiger partial charge is 0.356 e. The van der Waals surface area contributed by atoms with Crippen LogP contribution in [0.5, 0.6) is 0 Å². The second-order valence-corrected chi connectivity index (χ2v) is 13.0. The number of imidazole rings is 1. The van der Waals surface area contributed by atoms with Crippen molar-refractivity contribution in [2.24, 2.45) is 54.4 Å². The first-order chi connectivity index (χ1) is 16.6.